The van der Waals surface area contributed by atoms with Crippen LogP contribution in [0.15, 0.2) is 54.6 Å². The van der Waals surface area contributed by atoms with Gasteiger partial charge in [0.1, 0.15) is 4.88 Å². The van der Waals surface area contributed by atoms with E-state index in [1.807, 2.05) is 43.3 Å². The van der Waals surface area contributed by atoms with Crippen molar-refractivity contribution in [2.75, 3.05) is 49.5 Å². The molecular weight excluding hydrogens is 470 g/mol. The Bertz CT molecular complexity index is 1080. The third-order valence-corrected chi connectivity index (χ3v) is 6.99. The monoisotopic (exact) mass is 501 g/mol. The van der Waals surface area contributed by atoms with Gasteiger partial charge in [0.25, 0.3) is 0 Å². The first-order valence-electron chi connectivity index (χ1n) is 11.7. The zero-order chi connectivity index (χ0) is 23.0. The van der Waals surface area contributed by atoms with E-state index in [4.69, 9.17) is 4.74 Å². The maximum atomic E-state index is 12.1. The molecule has 0 saturated carbocycles. The molecule has 6 nitrogen and oxygen atoms in total. The molecule has 4 rings (SSSR count). The molecule has 1 saturated heterocycles. The number of hydrogen-bond donors (Lipinski definition) is 1. The van der Waals surface area contributed by atoms with Crippen LogP contribution in [0.1, 0.15) is 35.9 Å². The molecule has 8 heteroatoms. The molecule has 2 heterocycles. The van der Waals surface area contributed by atoms with Crippen molar-refractivity contribution in [1.82, 2.24) is 4.90 Å². The number of esters is 1. The van der Waals surface area contributed by atoms with Crippen molar-refractivity contribution >= 4 is 57.1 Å². The molecule has 1 N–H and O–H groups in total. The maximum Gasteiger partial charge on any atom is 0.348 e. The third kappa shape index (κ3) is 6.72. The highest BCUT2D eigenvalue weighted by Gasteiger charge is 2.20. The predicted molar refractivity (Wildman–Crippen MR) is 143 cm³/mol. The maximum absolute atomic E-state index is 12.1. The number of thiophene rings is 1. The smallest absolute Gasteiger partial charge is 0.348 e. The van der Waals surface area contributed by atoms with E-state index in [-0.39, 0.29) is 24.3 Å². The van der Waals surface area contributed by atoms with Crippen LogP contribution >= 0.6 is 23.7 Å². The highest BCUT2D eigenvalue weighted by atomic mass is 35.5. The largest absolute Gasteiger partial charge is 0.462 e. The van der Waals surface area contributed by atoms with Crippen molar-refractivity contribution in [3.63, 3.8) is 0 Å². The fraction of sp³-hybridized carbons (Fsp3) is 0.385. The molecule has 1 aromatic heterocycles. The summed E-state index contributed by atoms with van der Waals surface area (Å²) in [7, 11) is 0. The molecule has 0 spiro atoms. The average Bonchev–Trinajstić information content (AvgIpc) is 3.28. The second kappa shape index (κ2) is 12.7. The molecule has 0 radical (unpaired) electrons. The average molecular weight is 502 g/mol. The van der Waals surface area contributed by atoms with Gasteiger partial charge < -0.3 is 15.0 Å². The van der Waals surface area contributed by atoms with Crippen molar-refractivity contribution in [3.8, 4) is 0 Å². The number of nitrogens with zero attached hydrogens (tertiary/aromatic N) is 2. The number of fused-ring (bicyclic) bond motifs is 1. The van der Waals surface area contributed by atoms with Crippen LogP contribution in [0.4, 0.5) is 11.4 Å². The molecule has 1 amide bonds. The number of piperazine rings is 1. The van der Waals surface area contributed by atoms with E-state index in [1.165, 1.54) is 17.0 Å². The van der Waals surface area contributed by atoms with Gasteiger partial charge in [-0.1, -0.05) is 24.3 Å². The zero-order valence-corrected chi connectivity index (χ0v) is 21.1. The highest BCUT2D eigenvalue weighted by Crippen LogP contribution is 2.34. The van der Waals surface area contributed by atoms with E-state index in [2.05, 4.69) is 33.3 Å². The van der Waals surface area contributed by atoms with Gasteiger partial charge in [-0.25, -0.2) is 4.79 Å². The second-order valence-electron chi connectivity index (χ2n) is 8.22. The van der Waals surface area contributed by atoms with Gasteiger partial charge in [0.2, 0.25) is 5.91 Å². The van der Waals surface area contributed by atoms with Crippen molar-refractivity contribution in [3.05, 3.63) is 59.5 Å². The Morgan fingerprint density at radius 1 is 1.00 bits per heavy atom. The minimum Gasteiger partial charge on any atom is -0.462 e. The van der Waals surface area contributed by atoms with E-state index >= 15 is 0 Å². The van der Waals surface area contributed by atoms with Crippen LogP contribution in [0, 0.1) is 0 Å². The summed E-state index contributed by atoms with van der Waals surface area (Å²) < 4.78 is 6.29. The summed E-state index contributed by atoms with van der Waals surface area (Å²) >= 11 is 1.50. The van der Waals surface area contributed by atoms with Crippen LogP contribution in [0.2, 0.25) is 0 Å². The molecule has 1 aliphatic rings. The number of para-hydroxylation sites is 1. The lowest BCUT2D eigenvalue weighted by Crippen LogP contribution is -2.46. The van der Waals surface area contributed by atoms with Crippen LogP contribution in [0.25, 0.3) is 10.1 Å². The van der Waals surface area contributed by atoms with Gasteiger partial charge in [-0.05, 0) is 56.6 Å². The molecule has 0 unspecified atom stereocenters. The number of hydrogen-bond acceptors (Lipinski definition) is 6. The van der Waals surface area contributed by atoms with Crippen LogP contribution in [-0.4, -0.2) is 56.1 Å². The minimum atomic E-state index is -0.244. The van der Waals surface area contributed by atoms with Gasteiger partial charge in [0.05, 0.1) is 6.61 Å². The summed E-state index contributed by atoms with van der Waals surface area (Å²) in [4.78, 5) is 29.8. The Morgan fingerprint density at radius 3 is 2.50 bits per heavy atom. The zero-order valence-electron chi connectivity index (χ0n) is 19.5. The van der Waals surface area contributed by atoms with Crippen LogP contribution in [0.5, 0.6) is 0 Å². The fourth-order valence-electron chi connectivity index (χ4n) is 4.20. The Balaban J connectivity index is 0.00000324. The molecule has 0 bridgehead atoms. The first kappa shape index (κ1) is 26.0. The molecule has 0 atom stereocenters. The van der Waals surface area contributed by atoms with E-state index in [0.717, 1.165) is 61.3 Å². The first-order valence-corrected chi connectivity index (χ1v) is 12.5. The summed E-state index contributed by atoms with van der Waals surface area (Å²) in [5, 5.41) is 4.08. The number of nitrogens with one attached hydrogen (secondary N) is 1. The standard InChI is InChI=1S/C26H31N3O3S.ClH/c1-2-32-26(31)24-19-21-22(11-8-12-23(21)33-24)29-17-15-28(16-18-29)14-7-6-13-25(30)27-20-9-4-3-5-10-20;/h3-5,8-12,19H,2,6-7,13-18H2,1H3,(H,27,30);1H. The quantitative estimate of drug-likeness (QED) is 0.313. The minimum absolute atomic E-state index is 0. The highest BCUT2D eigenvalue weighted by molar-refractivity contribution is 7.20. The van der Waals surface area contributed by atoms with E-state index in [0.29, 0.717) is 17.9 Å². The van der Waals surface area contributed by atoms with E-state index in [9.17, 15) is 9.59 Å². The Morgan fingerprint density at radius 2 is 1.76 bits per heavy atom. The van der Waals surface area contributed by atoms with Crippen LogP contribution in [-0.2, 0) is 9.53 Å². The summed E-state index contributed by atoms with van der Waals surface area (Å²) in [5.41, 5.74) is 2.05. The van der Waals surface area contributed by atoms with Gasteiger partial charge >= 0.3 is 5.97 Å². The molecule has 3 aromatic rings. The van der Waals surface area contributed by atoms with Gasteiger partial charge in [-0.2, -0.15) is 0 Å². The van der Waals surface area contributed by atoms with E-state index in [1.54, 1.807) is 0 Å². The number of carbonyl (C=O) groups is 2. The Hall–Kier alpha value is -2.61. The lowest BCUT2D eigenvalue weighted by Gasteiger charge is -2.36. The van der Waals surface area contributed by atoms with Crippen LogP contribution in [0.3, 0.4) is 0 Å². The number of halogens is 1. The number of amides is 1. The molecule has 1 aliphatic heterocycles. The Labute approximate surface area is 211 Å². The summed E-state index contributed by atoms with van der Waals surface area (Å²) in [5.74, 6) is -0.163. The lowest BCUT2D eigenvalue weighted by molar-refractivity contribution is -0.116. The molecule has 2 aromatic carbocycles. The van der Waals surface area contributed by atoms with Crippen molar-refractivity contribution in [2.45, 2.75) is 26.2 Å². The molecule has 1 fully saturated rings. The van der Waals surface area contributed by atoms with Crippen molar-refractivity contribution in [1.29, 1.82) is 0 Å². The van der Waals surface area contributed by atoms with Gasteiger partial charge in [0.15, 0.2) is 0 Å². The number of unbranched alkanes of at least 4 members (excludes halogenated alkanes) is 1. The van der Waals surface area contributed by atoms with Gasteiger partial charge in [-0.15, -0.1) is 23.7 Å². The topological polar surface area (TPSA) is 61.9 Å². The van der Waals surface area contributed by atoms with Crippen molar-refractivity contribution in [2.24, 2.45) is 0 Å². The number of rotatable bonds is 9. The molecular formula is C26H32ClN3O3S. The summed E-state index contributed by atoms with van der Waals surface area (Å²) in [6, 6.07) is 17.9. The summed E-state index contributed by atoms with van der Waals surface area (Å²) in [6.45, 7) is 7.15. The SMILES string of the molecule is CCOC(=O)c1cc2c(N3CCN(CCCCC(=O)Nc4ccccc4)CC3)cccc2s1.Cl. The third-order valence-electron chi connectivity index (χ3n) is 5.91. The predicted octanol–water partition coefficient (Wildman–Crippen LogP) is 5.43. The van der Waals surface area contributed by atoms with Gasteiger partial charge in [-0.3, -0.25) is 9.69 Å². The lowest BCUT2D eigenvalue weighted by atomic mass is 10.1. The fourth-order valence-corrected chi connectivity index (χ4v) is 5.18. The number of anilines is 2. The molecule has 0 aliphatic carbocycles. The van der Waals surface area contributed by atoms with E-state index < -0.39 is 0 Å². The second-order valence-corrected chi connectivity index (χ2v) is 9.30. The Kier molecular flexibility index (Phi) is 9.74. The van der Waals surface area contributed by atoms with Crippen LogP contribution < -0.4 is 10.2 Å². The summed E-state index contributed by atoms with van der Waals surface area (Å²) in [6.07, 6.45) is 2.47. The number of ether oxygens (including phenoxy) is 1. The molecule has 34 heavy (non-hydrogen) atoms. The number of benzene rings is 2. The normalized spacial score (nSPS) is 14.0. The van der Waals surface area contributed by atoms with Crippen molar-refractivity contribution < 1.29 is 14.3 Å². The van der Waals surface area contributed by atoms with Gasteiger partial charge in [0, 0.05) is 54.1 Å². The molecule has 182 valence electrons. The first-order chi connectivity index (χ1) is 16.1. The number of carbonyl (C=O) groups excluding carboxylic acids is 2.